The van der Waals surface area contributed by atoms with Crippen LogP contribution in [0.15, 0.2) is 65.7 Å². The van der Waals surface area contributed by atoms with E-state index in [0.717, 1.165) is 67.6 Å². The Kier molecular flexibility index (Phi) is 9.58. The molecule has 47 heavy (non-hydrogen) atoms. The van der Waals surface area contributed by atoms with Crippen LogP contribution in [0, 0.1) is 18.6 Å². The summed E-state index contributed by atoms with van der Waals surface area (Å²) in [5, 5.41) is 0. The van der Waals surface area contributed by atoms with E-state index in [0.29, 0.717) is 31.2 Å². The number of aliphatic imine (C=N–C) groups is 1. The largest absolute Gasteiger partial charge is 0.444 e. The molecular formula is C39H48F2N4O2. The first-order chi connectivity index (χ1) is 22.5. The minimum absolute atomic E-state index is 0.0246. The van der Waals surface area contributed by atoms with Gasteiger partial charge in [-0.25, -0.2) is 13.6 Å². The smallest absolute Gasteiger partial charge is 0.410 e. The van der Waals surface area contributed by atoms with Gasteiger partial charge >= 0.3 is 6.09 Å². The lowest BCUT2D eigenvalue weighted by atomic mass is 9.89. The first kappa shape index (κ1) is 33.0. The molecule has 6 rings (SSSR count). The fourth-order valence-electron chi connectivity index (χ4n) is 7.62. The van der Waals surface area contributed by atoms with Gasteiger partial charge in [0.1, 0.15) is 11.3 Å². The number of likely N-dealkylation sites (tertiary alicyclic amines) is 1. The number of rotatable bonds is 6. The summed E-state index contributed by atoms with van der Waals surface area (Å²) < 4.78 is 37.0. The number of carbonyl (C=O) groups excluding carboxylic acids is 1. The van der Waals surface area contributed by atoms with Crippen LogP contribution in [0.5, 0.6) is 0 Å². The maximum Gasteiger partial charge on any atom is 0.410 e. The molecule has 8 heteroatoms. The summed E-state index contributed by atoms with van der Waals surface area (Å²) in [7, 11) is 0. The summed E-state index contributed by atoms with van der Waals surface area (Å²) in [6.07, 6.45) is 5.09. The Labute approximate surface area is 278 Å². The zero-order chi connectivity index (χ0) is 33.3. The Bertz CT molecular complexity index is 1590. The quantitative estimate of drug-likeness (QED) is 0.251. The second kappa shape index (κ2) is 13.7. The van der Waals surface area contributed by atoms with Gasteiger partial charge < -0.3 is 14.5 Å². The number of ether oxygens (including phenoxy) is 1. The molecule has 3 aliphatic rings. The van der Waals surface area contributed by atoms with Gasteiger partial charge in [-0.15, -0.1) is 0 Å². The average molecular weight is 643 g/mol. The van der Waals surface area contributed by atoms with Crippen molar-refractivity contribution < 1.29 is 18.3 Å². The number of benzene rings is 3. The van der Waals surface area contributed by atoms with Crippen molar-refractivity contribution in [2.75, 3.05) is 36.0 Å². The van der Waals surface area contributed by atoms with E-state index in [1.54, 1.807) is 4.90 Å². The van der Waals surface area contributed by atoms with E-state index >= 15 is 8.78 Å². The Morgan fingerprint density at radius 1 is 0.851 bits per heavy atom. The molecule has 3 fully saturated rings. The number of hydrogen-bond acceptors (Lipinski definition) is 5. The topological polar surface area (TPSA) is 48.4 Å². The van der Waals surface area contributed by atoms with Gasteiger partial charge in [-0.3, -0.25) is 9.89 Å². The number of hydrogen-bond donors (Lipinski definition) is 0. The van der Waals surface area contributed by atoms with Gasteiger partial charge in [-0.2, -0.15) is 0 Å². The molecule has 0 aromatic heterocycles. The molecule has 0 radical (unpaired) electrons. The number of anilines is 2. The molecule has 3 heterocycles. The number of carbonyl (C=O) groups is 1. The third-order valence-electron chi connectivity index (χ3n) is 9.93. The monoisotopic (exact) mass is 642 g/mol. The molecule has 2 atom stereocenters. The Balaban J connectivity index is 1.15. The van der Waals surface area contributed by atoms with Gasteiger partial charge in [-0.05, 0) is 114 Å². The summed E-state index contributed by atoms with van der Waals surface area (Å²) in [6, 6.07) is 19.6. The van der Waals surface area contributed by atoms with Gasteiger partial charge in [0.05, 0.1) is 17.8 Å². The van der Waals surface area contributed by atoms with Crippen LogP contribution >= 0.6 is 0 Å². The van der Waals surface area contributed by atoms with Crippen LogP contribution in [-0.4, -0.2) is 54.5 Å². The molecule has 6 nitrogen and oxygen atoms in total. The highest BCUT2D eigenvalue weighted by atomic mass is 19.1. The molecule has 0 N–H and O–H groups in total. The van der Waals surface area contributed by atoms with E-state index in [9.17, 15) is 4.79 Å². The predicted molar refractivity (Wildman–Crippen MR) is 186 cm³/mol. The van der Waals surface area contributed by atoms with Crippen molar-refractivity contribution in [2.45, 2.75) is 96.7 Å². The zero-order valence-corrected chi connectivity index (χ0v) is 28.4. The van der Waals surface area contributed by atoms with Crippen molar-refractivity contribution in [1.82, 2.24) is 4.90 Å². The summed E-state index contributed by atoms with van der Waals surface area (Å²) in [5.74, 6) is -0.567. The second-order valence-corrected chi connectivity index (χ2v) is 14.4. The fourth-order valence-corrected chi connectivity index (χ4v) is 7.62. The van der Waals surface area contributed by atoms with E-state index in [4.69, 9.17) is 9.73 Å². The molecule has 1 unspecified atom stereocenters. The summed E-state index contributed by atoms with van der Waals surface area (Å²) in [6.45, 7) is 12.3. The second-order valence-electron chi connectivity index (χ2n) is 14.4. The van der Waals surface area contributed by atoms with Crippen LogP contribution < -0.4 is 9.80 Å². The number of aryl methyl sites for hydroxylation is 1. The number of nitrogens with zero attached hydrogens (tertiary/aromatic N) is 4. The van der Waals surface area contributed by atoms with Crippen molar-refractivity contribution in [3.05, 3.63) is 89.0 Å². The molecule has 0 bridgehead atoms. The Hall–Kier alpha value is -3.94. The van der Waals surface area contributed by atoms with E-state index < -0.39 is 17.2 Å². The SMILES string of the molecule is CC(=Nc1ccc(C2CCCN2c2cc(F)c(N3CCC(c4ccccc4)CC3)c(F)c2)cc1C)[C@@H]1CCCN1C(=O)OC(C)(C)C. The third-order valence-corrected chi connectivity index (χ3v) is 9.93. The molecule has 3 aromatic carbocycles. The number of piperidine rings is 1. The lowest BCUT2D eigenvalue weighted by molar-refractivity contribution is 0.0265. The van der Waals surface area contributed by atoms with Crippen LogP contribution in [0.4, 0.5) is 30.6 Å². The van der Waals surface area contributed by atoms with Crippen molar-refractivity contribution in [2.24, 2.45) is 4.99 Å². The van der Waals surface area contributed by atoms with E-state index in [1.165, 1.54) is 17.7 Å². The summed E-state index contributed by atoms with van der Waals surface area (Å²) in [5.41, 5.74) is 5.33. The lowest BCUT2D eigenvalue weighted by Gasteiger charge is -2.35. The molecule has 3 aliphatic heterocycles. The summed E-state index contributed by atoms with van der Waals surface area (Å²) >= 11 is 0. The minimum Gasteiger partial charge on any atom is -0.444 e. The molecule has 250 valence electrons. The minimum atomic E-state index is -0.546. The molecular weight excluding hydrogens is 594 g/mol. The van der Waals surface area contributed by atoms with Crippen LogP contribution in [-0.2, 0) is 4.74 Å². The maximum absolute atomic E-state index is 15.7. The van der Waals surface area contributed by atoms with Crippen LogP contribution in [0.3, 0.4) is 0 Å². The molecule has 1 amide bonds. The van der Waals surface area contributed by atoms with Crippen molar-refractivity contribution in [1.29, 1.82) is 0 Å². The number of halogens is 2. The van der Waals surface area contributed by atoms with Crippen molar-refractivity contribution in [3.8, 4) is 0 Å². The Morgan fingerprint density at radius 3 is 2.19 bits per heavy atom. The molecule has 0 spiro atoms. The first-order valence-corrected chi connectivity index (χ1v) is 17.2. The van der Waals surface area contributed by atoms with Crippen molar-refractivity contribution >= 4 is 28.9 Å². The first-order valence-electron chi connectivity index (χ1n) is 17.2. The van der Waals surface area contributed by atoms with Crippen LogP contribution in [0.25, 0.3) is 0 Å². The highest BCUT2D eigenvalue weighted by Gasteiger charge is 2.34. The van der Waals surface area contributed by atoms with E-state index in [2.05, 4.69) is 41.3 Å². The lowest BCUT2D eigenvalue weighted by Crippen LogP contribution is -2.42. The highest BCUT2D eigenvalue weighted by Crippen LogP contribution is 2.41. The van der Waals surface area contributed by atoms with Crippen molar-refractivity contribution in [3.63, 3.8) is 0 Å². The molecule has 0 saturated carbocycles. The number of amides is 1. The van der Waals surface area contributed by atoms with Gasteiger partial charge in [0, 0.05) is 37.6 Å². The standard InChI is InChI=1S/C39H48F2N4O2/c1-26-23-30(15-16-34(26)42-27(2)35-13-9-20-45(35)38(46)47-39(3,4)5)36-14-10-19-44(36)31-24-32(40)37(33(41)25-31)43-21-17-29(18-22-43)28-11-7-6-8-12-28/h6-8,11-12,15-16,23-25,29,35-36H,9-10,13-14,17-22H2,1-5H3/t35-,36?/m0/s1. The van der Waals surface area contributed by atoms with Crippen LogP contribution in [0.1, 0.15) is 94.9 Å². The van der Waals surface area contributed by atoms with Gasteiger partial charge in [-0.1, -0.05) is 42.5 Å². The highest BCUT2D eigenvalue weighted by molar-refractivity contribution is 5.92. The van der Waals surface area contributed by atoms with Crippen LogP contribution in [0.2, 0.25) is 0 Å². The Morgan fingerprint density at radius 2 is 1.53 bits per heavy atom. The fraction of sp³-hybridized carbons (Fsp3) is 0.487. The van der Waals surface area contributed by atoms with Gasteiger partial charge in [0.25, 0.3) is 0 Å². The molecule has 3 aromatic rings. The summed E-state index contributed by atoms with van der Waals surface area (Å²) in [4.78, 5) is 23.6. The predicted octanol–water partition coefficient (Wildman–Crippen LogP) is 9.49. The van der Waals surface area contributed by atoms with Gasteiger partial charge in [0.2, 0.25) is 0 Å². The van der Waals surface area contributed by atoms with E-state index in [-0.39, 0.29) is 23.9 Å². The average Bonchev–Trinajstić information content (AvgIpc) is 3.73. The van der Waals surface area contributed by atoms with Gasteiger partial charge in [0.15, 0.2) is 11.6 Å². The molecule has 0 aliphatic carbocycles. The molecule has 3 saturated heterocycles. The van der Waals surface area contributed by atoms with E-state index in [1.807, 2.05) is 51.7 Å². The third kappa shape index (κ3) is 7.31. The zero-order valence-electron chi connectivity index (χ0n) is 28.4. The normalized spacial score (nSPS) is 21.1. The maximum atomic E-state index is 15.7.